The van der Waals surface area contributed by atoms with Crippen LogP contribution < -0.4 is 14.9 Å². The summed E-state index contributed by atoms with van der Waals surface area (Å²) in [5.74, 6) is 0.273. The third-order valence-corrected chi connectivity index (χ3v) is 6.89. The van der Waals surface area contributed by atoms with E-state index in [-0.39, 0.29) is 22.9 Å². The Kier molecular flexibility index (Phi) is 6.03. The number of methoxy groups -OCH3 is 2. The Morgan fingerprint density at radius 1 is 1.19 bits per heavy atom. The van der Waals surface area contributed by atoms with Crippen LogP contribution in [0.4, 0.5) is 0 Å². The third-order valence-electron chi connectivity index (χ3n) is 6.89. The van der Waals surface area contributed by atoms with Gasteiger partial charge < -0.3 is 23.9 Å². The Labute approximate surface area is 187 Å². The van der Waals surface area contributed by atoms with Gasteiger partial charge in [-0.1, -0.05) is 20.3 Å². The van der Waals surface area contributed by atoms with Crippen molar-refractivity contribution in [3.8, 4) is 22.8 Å². The normalized spacial score (nSPS) is 20.6. The molecule has 172 valence electrons. The highest BCUT2D eigenvalue weighted by atomic mass is 16.5. The van der Waals surface area contributed by atoms with Crippen LogP contribution in [0.3, 0.4) is 0 Å². The number of ether oxygens (including phenoxy) is 3. The van der Waals surface area contributed by atoms with Gasteiger partial charge in [0.1, 0.15) is 5.56 Å². The summed E-state index contributed by atoms with van der Waals surface area (Å²) in [7, 11) is 3.26. The Balaban J connectivity index is 1.90. The molecule has 1 saturated carbocycles. The minimum absolute atomic E-state index is 0.0483. The average Bonchev–Trinajstić information content (AvgIpc) is 2.75. The van der Waals surface area contributed by atoms with Gasteiger partial charge in [0.2, 0.25) is 0 Å². The minimum atomic E-state index is -1.20. The van der Waals surface area contributed by atoms with Crippen LogP contribution in [-0.2, 0) is 4.74 Å². The molecule has 2 aromatic rings. The van der Waals surface area contributed by atoms with E-state index in [9.17, 15) is 14.7 Å². The largest absolute Gasteiger partial charge is 0.493 e. The quantitative estimate of drug-likeness (QED) is 0.637. The average molecular weight is 442 g/mol. The summed E-state index contributed by atoms with van der Waals surface area (Å²) in [5, 5.41) is 9.57. The summed E-state index contributed by atoms with van der Waals surface area (Å²) in [6.07, 6.45) is 5.42. The van der Waals surface area contributed by atoms with Crippen molar-refractivity contribution in [3.63, 3.8) is 0 Å². The van der Waals surface area contributed by atoms with Crippen LogP contribution in [0.5, 0.6) is 11.5 Å². The smallest absolute Gasteiger partial charge is 0.341 e. The summed E-state index contributed by atoms with van der Waals surface area (Å²) in [6.45, 7) is 5.58. The van der Waals surface area contributed by atoms with Crippen molar-refractivity contribution in [3.05, 3.63) is 45.7 Å². The zero-order chi connectivity index (χ0) is 23.0. The zero-order valence-electron chi connectivity index (χ0n) is 19.1. The van der Waals surface area contributed by atoms with Gasteiger partial charge in [-0.2, -0.15) is 0 Å². The number of pyridine rings is 1. The first-order valence-electron chi connectivity index (χ1n) is 11.1. The topological polar surface area (TPSA) is 87.0 Å². The Hall–Kier alpha value is -2.80. The second-order valence-electron chi connectivity index (χ2n) is 9.37. The molecule has 0 bridgehead atoms. The fourth-order valence-electron chi connectivity index (χ4n) is 5.44. The van der Waals surface area contributed by atoms with Crippen LogP contribution in [-0.4, -0.2) is 43.1 Å². The van der Waals surface area contributed by atoms with Gasteiger partial charge in [0.05, 0.1) is 19.4 Å². The number of rotatable bonds is 7. The van der Waals surface area contributed by atoms with Crippen LogP contribution in [0, 0.1) is 5.41 Å². The van der Waals surface area contributed by atoms with Crippen LogP contribution in [0.1, 0.15) is 67.4 Å². The van der Waals surface area contributed by atoms with Crippen molar-refractivity contribution in [2.24, 2.45) is 5.41 Å². The van der Waals surface area contributed by atoms with Gasteiger partial charge in [0.25, 0.3) is 0 Å². The molecule has 1 aromatic carbocycles. The molecule has 7 nitrogen and oxygen atoms in total. The van der Waals surface area contributed by atoms with Gasteiger partial charge in [0.15, 0.2) is 16.9 Å². The molecule has 0 spiro atoms. The monoisotopic (exact) mass is 441 g/mol. The van der Waals surface area contributed by atoms with E-state index in [0.29, 0.717) is 24.7 Å². The molecular formula is C25H31NO6. The number of aromatic carboxylic acids is 1. The van der Waals surface area contributed by atoms with Crippen LogP contribution in [0.25, 0.3) is 11.3 Å². The Morgan fingerprint density at radius 3 is 2.66 bits per heavy atom. The molecule has 1 N–H and O–H groups in total. The summed E-state index contributed by atoms with van der Waals surface area (Å²) < 4.78 is 18.8. The highest BCUT2D eigenvalue weighted by molar-refractivity contribution is 5.88. The van der Waals surface area contributed by atoms with Gasteiger partial charge in [-0.15, -0.1) is 0 Å². The molecule has 0 radical (unpaired) electrons. The molecule has 0 amide bonds. The van der Waals surface area contributed by atoms with Gasteiger partial charge in [-0.25, -0.2) is 4.79 Å². The van der Waals surface area contributed by atoms with Crippen molar-refractivity contribution in [1.82, 2.24) is 4.57 Å². The second kappa shape index (κ2) is 8.62. The fourth-order valence-corrected chi connectivity index (χ4v) is 5.44. The predicted octanol–water partition coefficient (Wildman–Crippen LogP) is 4.49. The number of benzene rings is 1. The maximum absolute atomic E-state index is 12.6. The highest BCUT2D eigenvalue weighted by Crippen LogP contribution is 2.57. The van der Waals surface area contributed by atoms with Crippen LogP contribution in [0.2, 0.25) is 0 Å². The van der Waals surface area contributed by atoms with E-state index >= 15 is 0 Å². The van der Waals surface area contributed by atoms with E-state index in [1.807, 2.05) is 10.6 Å². The third kappa shape index (κ3) is 3.79. The van der Waals surface area contributed by atoms with Crippen molar-refractivity contribution < 1.29 is 24.1 Å². The van der Waals surface area contributed by atoms with Gasteiger partial charge in [-0.05, 0) is 36.0 Å². The van der Waals surface area contributed by atoms with E-state index in [0.717, 1.165) is 42.5 Å². The lowest BCUT2D eigenvalue weighted by Gasteiger charge is -2.49. The molecular weight excluding hydrogens is 410 g/mol. The van der Waals surface area contributed by atoms with Crippen molar-refractivity contribution in [1.29, 1.82) is 0 Å². The highest BCUT2D eigenvalue weighted by Gasteiger charge is 2.45. The number of carbonyl (C=O) groups is 1. The lowest BCUT2D eigenvalue weighted by molar-refractivity contribution is 0.0691. The first kappa shape index (κ1) is 22.4. The summed E-state index contributed by atoms with van der Waals surface area (Å²) in [4.78, 5) is 24.3. The molecule has 2 aliphatic rings. The molecule has 32 heavy (non-hydrogen) atoms. The molecule has 0 saturated heterocycles. The number of aromatic nitrogens is 1. The van der Waals surface area contributed by atoms with E-state index in [1.54, 1.807) is 14.2 Å². The number of carboxylic acid groups (broad SMARTS) is 1. The molecule has 1 aliphatic heterocycles. The minimum Gasteiger partial charge on any atom is -0.493 e. The zero-order valence-corrected chi connectivity index (χ0v) is 19.1. The van der Waals surface area contributed by atoms with Crippen LogP contribution >= 0.6 is 0 Å². The second-order valence-corrected chi connectivity index (χ2v) is 9.37. The molecule has 1 fully saturated rings. The maximum atomic E-state index is 12.6. The van der Waals surface area contributed by atoms with Crippen LogP contribution in [0.15, 0.2) is 29.2 Å². The predicted molar refractivity (Wildman–Crippen MR) is 121 cm³/mol. The number of hydrogen-bond acceptors (Lipinski definition) is 5. The molecule has 7 heteroatoms. The van der Waals surface area contributed by atoms with E-state index in [1.165, 1.54) is 12.3 Å². The van der Waals surface area contributed by atoms with Gasteiger partial charge >= 0.3 is 5.97 Å². The first-order chi connectivity index (χ1) is 15.3. The lowest BCUT2D eigenvalue weighted by atomic mass is 9.63. The van der Waals surface area contributed by atoms with Gasteiger partial charge in [0, 0.05) is 49.9 Å². The first-order valence-corrected chi connectivity index (χ1v) is 11.1. The number of carboxylic acids is 1. The number of nitrogens with zero attached hydrogens (tertiary/aromatic N) is 1. The molecule has 4 rings (SSSR count). The standard InChI is InChI=1S/C25H31NO6/c1-25(2)8-5-7-15-16-11-22(32-10-6-9-30-3)21(31-4)12-17(16)19-13-20(27)18(24(28)29)14-26(19)23(15)25/h11-15,23H,5-10H2,1-4H3,(H,28,29). The van der Waals surface area contributed by atoms with Gasteiger partial charge in [-0.3, -0.25) is 4.79 Å². The van der Waals surface area contributed by atoms with E-state index < -0.39 is 11.4 Å². The SMILES string of the molecule is COCCCOc1cc2c(cc1OC)-c1cc(=O)c(C(=O)O)cn1C1C2CCCC1(C)C. The Morgan fingerprint density at radius 2 is 1.97 bits per heavy atom. The lowest BCUT2D eigenvalue weighted by Crippen LogP contribution is -2.40. The van der Waals surface area contributed by atoms with Crippen molar-refractivity contribution >= 4 is 5.97 Å². The molecule has 2 unspecified atom stereocenters. The molecule has 2 atom stereocenters. The molecule has 1 aromatic heterocycles. The number of fused-ring (bicyclic) bond motifs is 6. The van der Waals surface area contributed by atoms with E-state index in [2.05, 4.69) is 19.9 Å². The molecule has 2 heterocycles. The number of hydrogen-bond donors (Lipinski definition) is 1. The fraction of sp³-hybridized carbons (Fsp3) is 0.520. The van der Waals surface area contributed by atoms with E-state index in [4.69, 9.17) is 14.2 Å². The molecule has 1 aliphatic carbocycles. The summed E-state index contributed by atoms with van der Waals surface area (Å²) in [6, 6.07) is 5.48. The summed E-state index contributed by atoms with van der Waals surface area (Å²) >= 11 is 0. The van der Waals surface area contributed by atoms with Crippen molar-refractivity contribution in [2.45, 2.75) is 51.5 Å². The maximum Gasteiger partial charge on any atom is 0.341 e. The van der Waals surface area contributed by atoms with Crippen molar-refractivity contribution in [2.75, 3.05) is 27.4 Å². The Bertz CT molecular complexity index is 1090. The summed E-state index contributed by atoms with van der Waals surface area (Å²) in [5.41, 5.74) is 2.03.